The smallest absolute Gasteiger partial charge is 0.334 e. The summed E-state index contributed by atoms with van der Waals surface area (Å²) < 4.78 is 46.3. The number of aromatic nitrogens is 3. The first-order chi connectivity index (χ1) is 13.4. The molecule has 28 heavy (non-hydrogen) atoms. The molecule has 0 unspecified atom stereocenters. The Balaban J connectivity index is 1.79. The molecule has 2 aromatic heterocycles. The first-order valence-electron chi connectivity index (χ1n) is 8.45. The third-order valence-electron chi connectivity index (χ3n) is 4.34. The predicted octanol–water partition coefficient (Wildman–Crippen LogP) is 5.79. The normalized spacial score (nSPS) is 11.6. The summed E-state index contributed by atoms with van der Waals surface area (Å²) in [7, 11) is 0. The molecule has 0 spiro atoms. The van der Waals surface area contributed by atoms with Gasteiger partial charge in [0.25, 0.3) is 5.89 Å². The molecule has 0 aliphatic carbocycles. The highest BCUT2D eigenvalue weighted by atomic mass is 19.4. The number of benzene rings is 2. The monoisotopic (exact) mass is 381 g/mol. The third kappa shape index (κ3) is 3.38. The van der Waals surface area contributed by atoms with E-state index in [1.807, 2.05) is 6.92 Å². The topological polar surface area (TPSA) is 51.8 Å². The molecule has 140 valence electrons. The zero-order valence-electron chi connectivity index (χ0n) is 14.7. The second kappa shape index (κ2) is 6.92. The highest BCUT2D eigenvalue weighted by molar-refractivity contribution is 5.72. The quantitative estimate of drug-likeness (QED) is 0.450. The molecule has 0 aliphatic heterocycles. The Morgan fingerprint density at radius 1 is 0.893 bits per heavy atom. The molecule has 0 saturated heterocycles. The molecular weight excluding hydrogens is 367 g/mol. The molecule has 0 bridgehead atoms. The van der Waals surface area contributed by atoms with Gasteiger partial charge in [-0.2, -0.15) is 18.2 Å². The van der Waals surface area contributed by atoms with Gasteiger partial charge in [0.05, 0.1) is 5.56 Å². The van der Waals surface area contributed by atoms with Crippen LogP contribution in [-0.2, 0) is 6.18 Å². The number of halogens is 3. The van der Waals surface area contributed by atoms with E-state index in [1.54, 1.807) is 54.9 Å². The first kappa shape index (κ1) is 17.9. The maximum atomic E-state index is 13.7. The summed E-state index contributed by atoms with van der Waals surface area (Å²) in [4.78, 5) is 8.27. The SMILES string of the molecule is Cc1cnccc1-c1noc(-c2ccc(-c3ccccc3)c(C(F)(F)F)c2)n1. The molecular formula is C21H14F3N3O. The van der Waals surface area contributed by atoms with E-state index in [-0.39, 0.29) is 17.0 Å². The molecule has 0 fully saturated rings. The van der Waals surface area contributed by atoms with Crippen molar-refractivity contribution in [3.63, 3.8) is 0 Å². The average molecular weight is 381 g/mol. The zero-order valence-corrected chi connectivity index (χ0v) is 14.7. The molecule has 0 saturated carbocycles. The molecule has 0 amide bonds. The molecule has 0 radical (unpaired) electrons. The molecule has 7 heteroatoms. The molecule has 2 aromatic carbocycles. The summed E-state index contributed by atoms with van der Waals surface area (Å²) in [5.41, 5.74) is 1.59. The van der Waals surface area contributed by atoms with Crippen LogP contribution in [0.25, 0.3) is 34.0 Å². The van der Waals surface area contributed by atoms with Crippen molar-refractivity contribution in [1.29, 1.82) is 0 Å². The van der Waals surface area contributed by atoms with Gasteiger partial charge in [-0.05, 0) is 41.8 Å². The van der Waals surface area contributed by atoms with Gasteiger partial charge in [0, 0.05) is 23.5 Å². The van der Waals surface area contributed by atoms with Crippen LogP contribution in [0.15, 0.2) is 71.5 Å². The molecule has 2 heterocycles. The molecule has 0 atom stereocenters. The number of hydrogen-bond donors (Lipinski definition) is 0. The van der Waals surface area contributed by atoms with Crippen LogP contribution in [0.1, 0.15) is 11.1 Å². The van der Waals surface area contributed by atoms with E-state index in [9.17, 15) is 13.2 Å². The van der Waals surface area contributed by atoms with Crippen LogP contribution in [-0.4, -0.2) is 15.1 Å². The van der Waals surface area contributed by atoms with Crippen LogP contribution in [0, 0.1) is 6.92 Å². The van der Waals surface area contributed by atoms with Crippen LogP contribution >= 0.6 is 0 Å². The number of aryl methyl sites for hydroxylation is 1. The van der Waals surface area contributed by atoms with Gasteiger partial charge >= 0.3 is 6.18 Å². The molecule has 0 N–H and O–H groups in total. The van der Waals surface area contributed by atoms with Crippen molar-refractivity contribution in [1.82, 2.24) is 15.1 Å². The first-order valence-corrected chi connectivity index (χ1v) is 8.45. The van der Waals surface area contributed by atoms with Crippen molar-refractivity contribution in [3.05, 3.63) is 78.1 Å². The second-order valence-electron chi connectivity index (χ2n) is 6.24. The number of hydrogen-bond acceptors (Lipinski definition) is 4. The van der Waals surface area contributed by atoms with Crippen LogP contribution in [0.3, 0.4) is 0 Å². The van der Waals surface area contributed by atoms with Gasteiger partial charge < -0.3 is 4.52 Å². The van der Waals surface area contributed by atoms with E-state index in [1.165, 1.54) is 6.07 Å². The molecule has 4 rings (SSSR count). The maximum Gasteiger partial charge on any atom is 0.417 e. The number of rotatable bonds is 3. The number of alkyl halides is 3. The predicted molar refractivity (Wildman–Crippen MR) is 98.1 cm³/mol. The van der Waals surface area contributed by atoms with Gasteiger partial charge in [0.1, 0.15) is 0 Å². The molecule has 4 aromatic rings. The minimum atomic E-state index is -4.52. The summed E-state index contributed by atoms with van der Waals surface area (Å²) in [6.07, 6.45) is -1.28. The lowest BCUT2D eigenvalue weighted by Crippen LogP contribution is -2.07. The minimum absolute atomic E-state index is 0.0244. The Morgan fingerprint density at radius 3 is 2.39 bits per heavy atom. The lowest BCUT2D eigenvalue weighted by molar-refractivity contribution is -0.137. The fraction of sp³-hybridized carbons (Fsp3) is 0.0952. The molecule has 4 nitrogen and oxygen atoms in total. The standard InChI is InChI=1S/C21H14F3N3O/c1-13-12-25-10-9-16(13)19-26-20(28-27-19)15-7-8-17(14-5-3-2-4-6-14)18(11-15)21(22,23)24/h2-12H,1H3. The van der Waals surface area contributed by atoms with Gasteiger partial charge in [-0.15, -0.1) is 0 Å². The van der Waals surface area contributed by atoms with Gasteiger partial charge in [-0.25, -0.2) is 0 Å². The van der Waals surface area contributed by atoms with E-state index in [0.29, 0.717) is 17.0 Å². The van der Waals surface area contributed by atoms with E-state index in [0.717, 1.165) is 11.6 Å². The van der Waals surface area contributed by atoms with Gasteiger partial charge in [0.15, 0.2) is 0 Å². The Labute approximate surface area is 158 Å². The fourth-order valence-corrected chi connectivity index (χ4v) is 2.96. The lowest BCUT2D eigenvalue weighted by atomic mass is 9.97. The summed E-state index contributed by atoms with van der Waals surface area (Å²) in [5, 5.41) is 3.90. The number of pyridine rings is 1. The van der Waals surface area contributed by atoms with Crippen LogP contribution in [0.4, 0.5) is 13.2 Å². The van der Waals surface area contributed by atoms with Crippen molar-refractivity contribution >= 4 is 0 Å². The van der Waals surface area contributed by atoms with E-state index >= 15 is 0 Å². The second-order valence-corrected chi connectivity index (χ2v) is 6.24. The van der Waals surface area contributed by atoms with E-state index in [2.05, 4.69) is 15.1 Å². The van der Waals surface area contributed by atoms with E-state index in [4.69, 9.17) is 4.52 Å². The Morgan fingerprint density at radius 2 is 1.68 bits per heavy atom. The van der Waals surface area contributed by atoms with Crippen molar-refractivity contribution in [2.75, 3.05) is 0 Å². The highest BCUT2D eigenvalue weighted by Crippen LogP contribution is 2.39. The Kier molecular flexibility index (Phi) is 4.43. The summed E-state index contributed by atoms with van der Waals surface area (Å²) >= 11 is 0. The van der Waals surface area contributed by atoms with E-state index < -0.39 is 11.7 Å². The van der Waals surface area contributed by atoms with Crippen LogP contribution < -0.4 is 0 Å². The fourth-order valence-electron chi connectivity index (χ4n) is 2.96. The third-order valence-corrected chi connectivity index (χ3v) is 4.34. The Hall–Kier alpha value is -3.48. The maximum absolute atomic E-state index is 13.7. The average Bonchev–Trinajstić information content (AvgIpc) is 3.18. The summed E-state index contributed by atoms with van der Waals surface area (Å²) in [5.74, 6) is 0.326. The van der Waals surface area contributed by atoms with Crippen molar-refractivity contribution < 1.29 is 17.7 Å². The Bertz CT molecular complexity index is 1120. The van der Waals surface area contributed by atoms with Crippen LogP contribution in [0.2, 0.25) is 0 Å². The number of nitrogens with zero attached hydrogens (tertiary/aromatic N) is 3. The summed E-state index contributed by atoms with van der Waals surface area (Å²) in [6, 6.07) is 14.2. The van der Waals surface area contributed by atoms with Crippen molar-refractivity contribution in [3.8, 4) is 34.0 Å². The van der Waals surface area contributed by atoms with Gasteiger partial charge in [-0.1, -0.05) is 41.6 Å². The molecule has 0 aliphatic rings. The largest absolute Gasteiger partial charge is 0.417 e. The summed E-state index contributed by atoms with van der Waals surface area (Å²) in [6.45, 7) is 1.84. The van der Waals surface area contributed by atoms with Crippen molar-refractivity contribution in [2.24, 2.45) is 0 Å². The zero-order chi connectivity index (χ0) is 19.7. The van der Waals surface area contributed by atoms with Crippen molar-refractivity contribution in [2.45, 2.75) is 13.1 Å². The van der Waals surface area contributed by atoms with Gasteiger partial charge in [-0.3, -0.25) is 4.98 Å². The minimum Gasteiger partial charge on any atom is -0.334 e. The van der Waals surface area contributed by atoms with Gasteiger partial charge in [0.2, 0.25) is 5.82 Å². The lowest BCUT2D eigenvalue weighted by Gasteiger charge is -2.14. The highest BCUT2D eigenvalue weighted by Gasteiger charge is 2.34. The van der Waals surface area contributed by atoms with Crippen LogP contribution in [0.5, 0.6) is 0 Å².